The topological polar surface area (TPSA) is 17.1 Å². The van der Waals surface area contributed by atoms with Crippen LogP contribution >= 0.6 is 0 Å². The van der Waals surface area contributed by atoms with E-state index in [2.05, 4.69) is 19.1 Å². The van der Waals surface area contributed by atoms with Gasteiger partial charge in [0.05, 0.1) is 0 Å². The lowest BCUT2D eigenvalue weighted by Crippen LogP contribution is -2.09. The third-order valence-electron chi connectivity index (χ3n) is 3.23. The summed E-state index contributed by atoms with van der Waals surface area (Å²) in [4.78, 5) is 11.0. The van der Waals surface area contributed by atoms with Crippen molar-refractivity contribution in [3.63, 3.8) is 0 Å². The fourth-order valence-corrected chi connectivity index (χ4v) is 2.33. The molecule has 76 valence electrons. The monoisotopic (exact) mass is 190 g/mol. The molecule has 1 nitrogen and oxygen atoms in total. The lowest BCUT2D eigenvalue weighted by atomic mass is 9.85. The SMILES string of the molecule is CC(=O)CC1C=CC(C)=C(C2CC2)C1. The summed E-state index contributed by atoms with van der Waals surface area (Å²) >= 11 is 0. The molecule has 0 spiro atoms. The third kappa shape index (κ3) is 2.14. The maximum atomic E-state index is 11.0. The molecule has 0 aliphatic heterocycles. The van der Waals surface area contributed by atoms with Crippen LogP contribution in [0.2, 0.25) is 0 Å². The Morgan fingerprint density at radius 3 is 2.79 bits per heavy atom. The Hall–Kier alpha value is -0.850. The quantitative estimate of drug-likeness (QED) is 0.667. The standard InChI is InChI=1S/C13H18O/c1-9-3-4-11(7-10(2)14)8-13(9)12-5-6-12/h3-4,11-12H,5-8H2,1-2H3. The summed E-state index contributed by atoms with van der Waals surface area (Å²) in [5.41, 5.74) is 3.08. The van der Waals surface area contributed by atoms with Crippen LogP contribution in [0.25, 0.3) is 0 Å². The van der Waals surface area contributed by atoms with Gasteiger partial charge in [-0.1, -0.05) is 23.3 Å². The molecule has 0 bridgehead atoms. The molecule has 0 aromatic heterocycles. The largest absolute Gasteiger partial charge is 0.300 e. The van der Waals surface area contributed by atoms with Gasteiger partial charge in [-0.3, -0.25) is 0 Å². The average Bonchev–Trinajstić information content (AvgIpc) is 2.90. The molecule has 0 aromatic rings. The number of Topliss-reactive ketones (excluding diaryl/α,β-unsaturated/α-hetero) is 1. The van der Waals surface area contributed by atoms with Crippen molar-refractivity contribution >= 4 is 5.78 Å². The normalized spacial score (nSPS) is 26.9. The van der Waals surface area contributed by atoms with E-state index < -0.39 is 0 Å². The van der Waals surface area contributed by atoms with E-state index in [1.807, 2.05) is 0 Å². The molecule has 2 rings (SSSR count). The summed E-state index contributed by atoms with van der Waals surface area (Å²) in [6, 6.07) is 0. The van der Waals surface area contributed by atoms with E-state index in [4.69, 9.17) is 0 Å². The Balaban J connectivity index is 2.03. The van der Waals surface area contributed by atoms with Crippen molar-refractivity contribution in [2.24, 2.45) is 11.8 Å². The molecule has 0 N–H and O–H groups in total. The first-order chi connectivity index (χ1) is 6.66. The van der Waals surface area contributed by atoms with Gasteiger partial charge in [-0.05, 0) is 44.9 Å². The Kier molecular flexibility index (Phi) is 2.58. The zero-order valence-corrected chi connectivity index (χ0v) is 9.05. The van der Waals surface area contributed by atoms with E-state index >= 15 is 0 Å². The summed E-state index contributed by atoms with van der Waals surface area (Å²) in [7, 11) is 0. The van der Waals surface area contributed by atoms with Crippen LogP contribution in [-0.4, -0.2) is 5.78 Å². The highest BCUT2D eigenvalue weighted by atomic mass is 16.1. The van der Waals surface area contributed by atoms with Gasteiger partial charge >= 0.3 is 0 Å². The lowest BCUT2D eigenvalue weighted by molar-refractivity contribution is -0.117. The van der Waals surface area contributed by atoms with Crippen molar-refractivity contribution in [3.8, 4) is 0 Å². The molecule has 1 heteroatoms. The van der Waals surface area contributed by atoms with Crippen LogP contribution in [0.3, 0.4) is 0 Å². The minimum Gasteiger partial charge on any atom is -0.300 e. The van der Waals surface area contributed by atoms with E-state index in [0.29, 0.717) is 11.7 Å². The zero-order chi connectivity index (χ0) is 10.1. The van der Waals surface area contributed by atoms with Gasteiger partial charge in [-0.2, -0.15) is 0 Å². The van der Waals surface area contributed by atoms with Crippen LogP contribution in [0.4, 0.5) is 0 Å². The molecule has 1 fully saturated rings. The third-order valence-corrected chi connectivity index (χ3v) is 3.23. The highest BCUT2D eigenvalue weighted by Crippen LogP contribution is 2.43. The summed E-state index contributed by atoms with van der Waals surface area (Å²) < 4.78 is 0. The van der Waals surface area contributed by atoms with Gasteiger partial charge in [-0.25, -0.2) is 0 Å². The summed E-state index contributed by atoms with van der Waals surface area (Å²) in [6.07, 6.45) is 9.01. The zero-order valence-electron chi connectivity index (χ0n) is 9.05. The molecular formula is C13H18O. The first-order valence-corrected chi connectivity index (χ1v) is 5.54. The first-order valence-electron chi connectivity index (χ1n) is 5.54. The van der Waals surface area contributed by atoms with Gasteiger partial charge in [0.2, 0.25) is 0 Å². The lowest BCUT2D eigenvalue weighted by Gasteiger charge is -2.20. The van der Waals surface area contributed by atoms with E-state index in [9.17, 15) is 4.79 Å². The van der Waals surface area contributed by atoms with Crippen molar-refractivity contribution in [1.82, 2.24) is 0 Å². The van der Waals surface area contributed by atoms with Gasteiger partial charge in [0.25, 0.3) is 0 Å². The van der Waals surface area contributed by atoms with Crippen molar-refractivity contribution in [2.45, 2.75) is 39.5 Å². The molecule has 0 saturated heterocycles. The molecule has 0 aromatic carbocycles. The van der Waals surface area contributed by atoms with Crippen molar-refractivity contribution in [3.05, 3.63) is 23.3 Å². The van der Waals surface area contributed by atoms with Gasteiger partial charge in [-0.15, -0.1) is 0 Å². The molecule has 1 saturated carbocycles. The predicted octanol–water partition coefficient (Wildman–Crippen LogP) is 3.27. The number of carbonyl (C=O) groups excluding carboxylic acids is 1. The number of hydrogen-bond donors (Lipinski definition) is 0. The number of rotatable bonds is 3. The molecular weight excluding hydrogens is 172 g/mol. The maximum Gasteiger partial charge on any atom is 0.130 e. The predicted molar refractivity (Wildman–Crippen MR) is 58.0 cm³/mol. The Labute approximate surface area is 85.9 Å². The second kappa shape index (κ2) is 3.72. The van der Waals surface area contributed by atoms with Gasteiger partial charge in [0.1, 0.15) is 5.78 Å². The molecule has 1 unspecified atom stereocenters. The number of ketones is 1. The highest BCUT2D eigenvalue weighted by Gasteiger charge is 2.29. The molecule has 0 heterocycles. The van der Waals surface area contributed by atoms with Crippen LogP contribution in [0.1, 0.15) is 39.5 Å². The van der Waals surface area contributed by atoms with Crippen LogP contribution < -0.4 is 0 Å². The van der Waals surface area contributed by atoms with Crippen LogP contribution in [0.5, 0.6) is 0 Å². The van der Waals surface area contributed by atoms with Crippen molar-refractivity contribution in [1.29, 1.82) is 0 Å². The van der Waals surface area contributed by atoms with E-state index in [-0.39, 0.29) is 0 Å². The fourth-order valence-electron chi connectivity index (χ4n) is 2.33. The van der Waals surface area contributed by atoms with Gasteiger partial charge in [0, 0.05) is 6.42 Å². The van der Waals surface area contributed by atoms with Crippen molar-refractivity contribution < 1.29 is 4.79 Å². The van der Waals surface area contributed by atoms with Crippen molar-refractivity contribution in [2.75, 3.05) is 0 Å². The van der Waals surface area contributed by atoms with Crippen LogP contribution in [0.15, 0.2) is 23.3 Å². The van der Waals surface area contributed by atoms with Gasteiger partial charge < -0.3 is 4.79 Å². The average molecular weight is 190 g/mol. The summed E-state index contributed by atoms with van der Waals surface area (Å²) in [5, 5.41) is 0. The molecule has 1 atom stereocenters. The number of carbonyl (C=O) groups is 1. The Morgan fingerprint density at radius 2 is 2.21 bits per heavy atom. The van der Waals surface area contributed by atoms with Crippen LogP contribution in [-0.2, 0) is 4.79 Å². The second-order valence-electron chi connectivity index (χ2n) is 4.71. The second-order valence-corrected chi connectivity index (χ2v) is 4.71. The molecule has 0 radical (unpaired) electrons. The Bertz CT molecular complexity index is 305. The van der Waals surface area contributed by atoms with Gasteiger partial charge in [0.15, 0.2) is 0 Å². The first kappa shape index (κ1) is 9.70. The van der Waals surface area contributed by atoms with E-state index in [1.54, 1.807) is 12.5 Å². The summed E-state index contributed by atoms with van der Waals surface area (Å²) in [5.74, 6) is 1.65. The Morgan fingerprint density at radius 1 is 1.50 bits per heavy atom. The maximum absolute atomic E-state index is 11.0. The minimum atomic E-state index is 0.314. The number of hydrogen-bond acceptors (Lipinski definition) is 1. The van der Waals surface area contributed by atoms with E-state index in [1.165, 1.54) is 18.4 Å². The molecule has 0 amide bonds. The molecule has 14 heavy (non-hydrogen) atoms. The fraction of sp³-hybridized carbons (Fsp3) is 0.615. The minimum absolute atomic E-state index is 0.314. The van der Waals surface area contributed by atoms with Crippen LogP contribution in [0, 0.1) is 11.8 Å². The number of allylic oxidation sites excluding steroid dienone is 4. The highest BCUT2D eigenvalue weighted by molar-refractivity contribution is 5.76. The molecule has 2 aliphatic carbocycles. The van der Waals surface area contributed by atoms with E-state index in [0.717, 1.165) is 18.8 Å². The smallest absolute Gasteiger partial charge is 0.130 e. The molecule has 2 aliphatic rings. The summed E-state index contributed by atoms with van der Waals surface area (Å²) in [6.45, 7) is 3.89.